The molecule has 0 spiro atoms. The van der Waals surface area contributed by atoms with Crippen molar-refractivity contribution in [2.75, 3.05) is 17.3 Å². The zero-order chi connectivity index (χ0) is 20.9. The molecule has 152 valence electrons. The van der Waals surface area contributed by atoms with Crippen molar-refractivity contribution in [3.05, 3.63) is 70.9 Å². The quantitative estimate of drug-likeness (QED) is 0.500. The Morgan fingerprint density at radius 3 is 2.63 bits per heavy atom. The molecule has 2 heterocycles. The third kappa shape index (κ3) is 4.31. The van der Waals surface area contributed by atoms with Gasteiger partial charge in [0.1, 0.15) is 12.1 Å². The van der Waals surface area contributed by atoms with Gasteiger partial charge in [-0.2, -0.15) is 11.3 Å². The first-order valence-corrected chi connectivity index (χ1v) is 10.3. The van der Waals surface area contributed by atoms with Crippen molar-refractivity contribution in [1.29, 1.82) is 0 Å². The Morgan fingerprint density at radius 2 is 1.90 bits per heavy atom. The number of amides is 3. The van der Waals surface area contributed by atoms with Crippen molar-refractivity contribution in [2.24, 2.45) is 0 Å². The van der Waals surface area contributed by atoms with Crippen molar-refractivity contribution in [3.63, 3.8) is 0 Å². The van der Waals surface area contributed by atoms with E-state index in [-0.39, 0.29) is 18.5 Å². The zero-order valence-electron chi connectivity index (χ0n) is 16.3. The van der Waals surface area contributed by atoms with Gasteiger partial charge in [0.05, 0.1) is 12.1 Å². The lowest BCUT2D eigenvalue weighted by Crippen LogP contribution is -2.33. The minimum absolute atomic E-state index is 0.0723. The Balaban J connectivity index is 1.59. The van der Waals surface area contributed by atoms with Gasteiger partial charge in [-0.25, -0.2) is 9.48 Å². The molecule has 0 atom stereocenters. The third-order valence-corrected chi connectivity index (χ3v) is 5.32. The molecule has 4 rings (SSSR count). The number of para-hydroxylation sites is 1. The summed E-state index contributed by atoms with van der Waals surface area (Å²) in [5.74, 6) is -0.108. The second kappa shape index (κ2) is 8.75. The van der Waals surface area contributed by atoms with Gasteiger partial charge in [0, 0.05) is 18.4 Å². The fourth-order valence-electron chi connectivity index (χ4n) is 3.05. The van der Waals surface area contributed by atoms with Crippen molar-refractivity contribution in [3.8, 4) is 0 Å². The van der Waals surface area contributed by atoms with Crippen LogP contribution in [0.2, 0.25) is 0 Å². The summed E-state index contributed by atoms with van der Waals surface area (Å²) >= 11 is 1.59. The maximum Gasteiger partial charge on any atom is 0.318 e. The highest BCUT2D eigenvalue weighted by Gasteiger charge is 2.19. The van der Waals surface area contributed by atoms with Crippen LogP contribution in [0.5, 0.6) is 0 Å². The van der Waals surface area contributed by atoms with E-state index in [4.69, 9.17) is 0 Å². The van der Waals surface area contributed by atoms with Crippen LogP contribution in [0.3, 0.4) is 0 Å². The third-order valence-electron chi connectivity index (χ3n) is 4.59. The molecule has 0 saturated carbocycles. The number of aromatic nitrogens is 3. The number of urea groups is 1. The Labute approximate surface area is 177 Å². The molecule has 3 amide bonds. The Morgan fingerprint density at radius 1 is 1.10 bits per heavy atom. The minimum atomic E-state index is -0.299. The van der Waals surface area contributed by atoms with E-state index in [1.807, 2.05) is 53.2 Å². The number of hydrogen-bond acceptors (Lipinski definition) is 5. The molecule has 0 saturated heterocycles. The lowest BCUT2D eigenvalue weighted by Gasteiger charge is -2.23. The fraction of sp³-hybridized carbons (Fsp3) is 0.143. The van der Waals surface area contributed by atoms with Crippen LogP contribution in [0.1, 0.15) is 5.56 Å². The summed E-state index contributed by atoms with van der Waals surface area (Å²) in [7, 11) is 1.55. The monoisotopic (exact) mass is 420 g/mol. The SMILES string of the molecule is CNC(=O)Nc1ccc(N(Cc2ccsc2)C(=O)Cn2nnc3ccccc32)cc1. The van der Waals surface area contributed by atoms with Crippen molar-refractivity contribution in [1.82, 2.24) is 20.3 Å². The molecule has 0 bridgehead atoms. The van der Waals surface area contributed by atoms with Gasteiger partial charge in [-0.15, -0.1) is 5.10 Å². The van der Waals surface area contributed by atoms with Crippen LogP contribution in [-0.2, 0) is 17.9 Å². The minimum Gasteiger partial charge on any atom is -0.341 e. The number of fused-ring (bicyclic) bond motifs is 1. The number of thiophene rings is 1. The molecule has 4 aromatic rings. The van der Waals surface area contributed by atoms with Crippen LogP contribution in [-0.4, -0.2) is 34.0 Å². The van der Waals surface area contributed by atoms with E-state index in [1.54, 1.807) is 40.1 Å². The van der Waals surface area contributed by atoms with Crippen molar-refractivity contribution < 1.29 is 9.59 Å². The molecule has 30 heavy (non-hydrogen) atoms. The number of carbonyl (C=O) groups excluding carboxylic acids is 2. The molecule has 8 nitrogen and oxygen atoms in total. The largest absolute Gasteiger partial charge is 0.341 e. The summed E-state index contributed by atoms with van der Waals surface area (Å²) in [4.78, 5) is 26.5. The standard InChI is InChI=1S/C21H20N6O2S/c1-22-21(29)23-16-6-8-17(9-7-16)26(12-15-10-11-30-14-15)20(28)13-27-19-5-3-2-4-18(19)24-25-27/h2-11,14H,12-13H2,1H3,(H2,22,23,29). The van der Waals surface area contributed by atoms with Gasteiger partial charge in [-0.05, 0) is 58.8 Å². The van der Waals surface area contributed by atoms with Gasteiger partial charge in [-0.3, -0.25) is 4.79 Å². The van der Waals surface area contributed by atoms with Gasteiger partial charge < -0.3 is 15.5 Å². The molecule has 2 aromatic carbocycles. The van der Waals surface area contributed by atoms with E-state index < -0.39 is 0 Å². The highest BCUT2D eigenvalue weighted by Crippen LogP contribution is 2.22. The predicted molar refractivity (Wildman–Crippen MR) is 118 cm³/mol. The van der Waals surface area contributed by atoms with Crippen LogP contribution < -0.4 is 15.5 Å². The van der Waals surface area contributed by atoms with Crippen LogP contribution in [0.4, 0.5) is 16.2 Å². The Kier molecular flexibility index (Phi) is 5.71. The van der Waals surface area contributed by atoms with E-state index in [0.29, 0.717) is 12.2 Å². The van der Waals surface area contributed by atoms with Crippen molar-refractivity contribution in [2.45, 2.75) is 13.1 Å². The highest BCUT2D eigenvalue weighted by atomic mass is 32.1. The maximum absolute atomic E-state index is 13.3. The lowest BCUT2D eigenvalue weighted by atomic mass is 10.2. The summed E-state index contributed by atoms with van der Waals surface area (Å²) in [6.07, 6.45) is 0. The van der Waals surface area contributed by atoms with Crippen molar-refractivity contribution >= 4 is 45.7 Å². The highest BCUT2D eigenvalue weighted by molar-refractivity contribution is 7.07. The van der Waals surface area contributed by atoms with Gasteiger partial charge in [0.15, 0.2) is 0 Å². The van der Waals surface area contributed by atoms with E-state index in [9.17, 15) is 9.59 Å². The van der Waals surface area contributed by atoms with E-state index in [0.717, 1.165) is 22.3 Å². The first-order chi connectivity index (χ1) is 14.6. The summed E-state index contributed by atoms with van der Waals surface area (Å²) in [5, 5.41) is 17.5. The number of anilines is 2. The summed E-state index contributed by atoms with van der Waals surface area (Å²) < 4.78 is 1.61. The molecule has 0 radical (unpaired) electrons. The second-order valence-corrected chi connectivity index (χ2v) is 7.38. The second-order valence-electron chi connectivity index (χ2n) is 6.60. The van der Waals surface area contributed by atoms with E-state index >= 15 is 0 Å². The van der Waals surface area contributed by atoms with Crippen LogP contribution >= 0.6 is 11.3 Å². The summed E-state index contributed by atoms with van der Waals surface area (Å²) in [6, 6.07) is 16.4. The molecule has 0 unspecified atom stereocenters. The van der Waals surface area contributed by atoms with E-state index in [1.165, 1.54) is 0 Å². The van der Waals surface area contributed by atoms with E-state index in [2.05, 4.69) is 20.9 Å². The smallest absolute Gasteiger partial charge is 0.318 e. The zero-order valence-corrected chi connectivity index (χ0v) is 17.1. The molecular formula is C21H20N6O2S. The molecule has 0 aliphatic heterocycles. The average molecular weight is 420 g/mol. The van der Waals surface area contributed by atoms with Gasteiger partial charge in [0.2, 0.25) is 5.91 Å². The number of carbonyl (C=O) groups is 2. The lowest BCUT2D eigenvalue weighted by molar-refractivity contribution is -0.119. The fourth-order valence-corrected chi connectivity index (χ4v) is 3.71. The maximum atomic E-state index is 13.3. The summed E-state index contributed by atoms with van der Waals surface area (Å²) in [6.45, 7) is 0.514. The number of rotatable bonds is 6. The normalized spacial score (nSPS) is 10.7. The molecule has 9 heteroatoms. The topological polar surface area (TPSA) is 92.2 Å². The summed E-state index contributed by atoms with van der Waals surface area (Å²) in [5.41, 5.74) is 3.98. The molecule has 2 aromatic heterocycles. The van der Waals surface area contributed by atoms with Crippen LogP contribution in [0.15, 0.2) is 65.4 Å². The average Bonchev–Trinajstić information content (AvgIpc) is 3.43. The van der Waals surface area contributed by atoms with Gasteiger partial charge in [-0.1, -0.05) is 17.3 Å². The molecule has 0 fully saturated rings. The molecule has 0 aliphatic carbocycles. The number of nitrogens with one attached hydrogen (secondary N) is 2. The predicted octanol–water partition coefficient (Wildman–Crippen LogP) is 3.48. The number of hydrogen-bond donors (Lipinski definition) is 2. The Bertz CT molecular complexity index is 1150. The molecule has 0 aliphatic rings. The first-order valence-electron chi connectivity index (χ1n) is 9.32. The van der Waals surface area contributed by atoms with Crippen LogP contribution in [0, 0.1) is 0 Å². The van der Waals surface area contributed by atoms with Gasteiger partial charge >= 0.3 is 6.03 Å². The number of nitrogens with zero attached hydrogens (tertiary/aromatic N) is 4. The first kappa shape index (κ1) is 19.6. The number of benzene rings is 2. The van der Waals surface area contributed by atoms with Crippen LogP contribution in [0.25, 0.3) is 11.0 Å². The molecular weight excluding hydrogens is 400 g/mol. The van der Waals surface area contributed by atoms with Gasteiger partial charge in [0.25, 0.3) is 0 Å². The Hall–Kier alpha value is -3.72. The molecule has 2 N–H and O–H groups in total.